The van der Waals surface area contributed by atoms with E-state index in [2.05, 4.69) is 5.32 Å². The van der Waals surface area contributed by atoms with Crippen molar-refractivity contribution in [1.82, 2.24) is 9.88 Å². The number of nitrogens with two attached hydrogens (primary N) is 1. The third kappa shape index (κ3) is 8.09. The molecule has 0 aliphatic heterocycles. The molecular weight excluding hydrogens is 494 g/mol. The number of aromatic nitrogens is 1. The average molecular weight is 526 g/mol. The second-order valence-electron chi connectivity index (χ2n) is 8.64. The molecule has 7 nitrogen and oxygen atoms in total. The number of amides is 1. The lowest BCUT2D eigenvalue weighted by Gasteiger charge is -2.19. The van der Waals surface area contributed by atoms with Gasteiger partial charge in [-0.3, -0.25) is 4.79 Å². The predicted octanol–water partition coefficient (Wildman–Crippen LogP) is 4.19. The summed E-state index contributed by atoms with van der Waals surface area (Å²) in [5, 5.41) is 13.3. The van der Waals surface area contributed by atoms with E-state index in [1.54, 1.807) is 6.07 Å². The van der Waals surface area contributed by atoms with Crippen LogP contribution in [0.15, 0.2) is 42.6 Å². The predicted molar refractivity (Wildman–Crippen MR) is 131 cm³/mol. The van der Waals surface area contributed by atoms with Crippen LogP contribution in [-0.4, -0.2) is 54.2 Å². The zero-order valence-corrected chi connectivity index (χ0v) is 20.5. The molecule has 3 rings (SSSR count). The molecule has 1 atom stereocenters. The van der Waals surface area contributed by atoms with E-state index in [0.29, 0.717) is 31.5 Å². The molecular formula is C26H31F4N3O4. The maximum absolute atomic E-state index is 13.6. The molecule has 37 heavy (non-hydrogen) atoms. The van der Waals surface area contributed by atoms with E-state index in [1.807, 2.05) is 29.8 Å². The fourth-order valence-corrected chi connectivity index (χ4v) is 4.09. The molecule has 0 saturated carbocycles. The highest BCUT2D eigenvalue weighted by atomic mass is 19.4. The summed E-state index contributed by atoms with van der Waals surface area (Å²) in [5.74, 6) is -1.49. The maximum atomic E-state index is 13.6. The van der Waals surface area contributed by atoms with Crippen LogP contribution in [0.2, 0.25) is 0 Å². The van der Waals surface area contributed by atoms with E-state index < -0.39 is 24.5 Å². The van der Waals surface area contributed by atoms with Gasteiger partial charge in [0.2, 0.25) is 0 Å². The molecule has 1 unspecified atom stereocenters. The summed E-state index contributed by atoms with van der Waals surface area (Å²) in [6.07, 6.45) is -0.765. The molecule has 0 spiro atoms. The van der Waals surface area contributed by atoms with Crippen LogP contribution in [0.1, 0.15) is 35.7 Å². The number of rotatable bonds is 14. The standard InChI is InChI=1S/C26H31F4N3O4/c1-2-20(32-7-11-36-23-15-19(27)4-5-22(23)37-16-26(28,29)30)13-17-12-18-6-9-33(8-3-10-34)24(18)21(14-17)25(31)35/h4-6,9,12,14-15,20,32,34H,2-3,7-8,10-11,13,16H2,1H3,(H2,31,35). The highest BCUT2D eigenvalue weighted by Crippen LogP contribution is 2.30. The van der Waals surface area contributed by atoms with E-state index in [4.69, 9.17) is 20.3 Å². The van der Waals surface area contributed by atoms with Gasteiger partial charge in [0, 0.05) is 43.4 Å². The summed E-state index contributed by atoms with van der Waals surface area (Å²) >= 11 is 0. The first-order valence-corrected chi connectivity index (χ1v) is 12.0. The fourth-order valence-electron chi connectivity index (χ4n) is 4.09. The van der Waals surface area contributed by atoms with Crippen molar-refractivity contribution in [1.29, 1.82) is 0 Å². The smallest absolute Gasteiger partial charge is 0.422 e. The Balaban J connectivity index is 1.62. The minimum atomic E-state index is -4.53. The number of aliphatic hydroxyl groups excluding tert-OH is 1. The lowest BCUT2D eigenvalue weighted by Crippen LogP contribution is -2.34. The van der Waals surface area contributed by atoms with Crippen LogP contribution in [0, 0.1) is 5.82 Å². The van der Waals surface area contributed by atoms with Gasteiger partial charge in [-0.15, -0.1) is 0 Å². The Morgan fingerprint density at radius 1 is 1.16 bits per heavy atom. The van der Waals surface area contributed by atoms with E-state index in [0.717, 1.165) is 41.1 Å². The maximum Gasteiger partial charge on any atom is 0.422 e. The van der Waals surface area contributed by atoms with Crippen LogP contribution in [0.25, 0.3) is 10.9 Å². The molecule has 1 aromatic heterocycles. The number of aryl methyl sites for hydroxylation is 1. The van der Waals surface area contributed by atoms with Crippen LogP contribution >= 0.6 is 0 Å². The second kappa shape index (κ2) is 12.8. The summed E-state index contributed by atoms with van der Waals surface area (Å²) in [5.41, 5.74) is 7.71. The molecule has 0 fully saturated rings. The number of nitrogens with zero attached hydrogens (tertiary/aromatic N) is 1. The summed E-state index contributed by atoms with van der Waals surface area (Å²) in [6.45, 7) is 1.50. The molecule has 202 valence electrons. The largest absolute Gasteiger partial charge is 0.488 e. The summed E-state index contributed by atoms with van der Waals surface area (Å²) in [6, 6.07) is 8.77. The molecule has 0 radical (unpaired) electrons. The second-order valence-corrected chi connectivity index (χ2v) is 8.64. The average Bonchev–Trinajstić information content (AvgIpc) is 3.25. The van der Waals surface area contributed by atoms with E-state index in [-0.39, 0.29) is 30.8 Å². The first-order valence-electron chi connectivity index (χ1n) is 12.0. The number of fused-ring (bicyclic) bond motifs is 1. The monoisotopic (exact) mass is 525 g/mol. The zero-order valence-electron chi connectivity index (χ0n) is 20.5. The normalized spacial score (nSPS) is 12.6. The Kier molecular flexibility index (Phi) is 9.76. The molecule has 1 amide bonds. The van der Waals surface area contributed by atoms with E-state index in [1.165, 1.54) is 0 Å². The Bertz CT molecular complexity index is 1200. The van der Waals surface area contributed by atoms with Crippen molar-refractivity contribution in [3.63, 3.8) is 0 Å². The van der Waals surface area contributed by atoms with Crippen molar-refractivity contribution < 1.29 is 36.9 Å². The van der Waals surface area contributed by atoms with Gasteiger partial charge < -0.3 is 30.2 Å². The quantitative estimate of drug-likeness (QED) is 0.217. The Morgan fingerprint density at radius 3 is 2.62 bits per heavy atom. The zero-order chi connectivity index (χ0) is 27.0. The van der Waals surface area contributed by atoms with Crippen molar-refractivity contribution >= 4 is 16.8 Å². The van der Waals surface area contributed by atoms with Crippen molar-refractivity contribution in [2.75, 3.05) is 26.4 Å². The van der Waals surface area contributed by atoms with Crippen LogP contribution in [0.4, 0.5) is 17.6 Å². The number of carbonyl (C=O) groups is 1. The van der Waals surface area contributed by atoms with Gasteiger partial charge in [-0.05, 0) is 55.2 Å². The highest BCUT2D eigenvalue weighted by Gasteiger charge is 2.29. The molecule has 4 N–H and O–H groups in total. The van der Waals surface area contributed by atoms with Crippen LogP contribution < -0.4 is 20.5 Å². The molecule has 0 aliphatic rings. The summed E-state index contributed by atoms with van der Waals surface area (Å²) < 4.78 is 63.2. The topological polar surface area (TPSA) is 98.7 Å². The van der Waals surface area contributed by atoms with Crippen molar-refractivity contribution in [3.05, 3.63) is 59.5 Å². The number of hydrogen-bond donors (Lipinski definition) is 3. The number of carbonyl (C=O) groups excluding carboxylic acids is 1. The van der Waals surface area contributed by atoms with Gasteiger partial charge in [0.1, 0.15) is 12.4 Å². The molecule has 2 aromatic carbocycles. The summed E-state index contributed by atoms with van der Waals surface area (Å²) in [4.78, 5) is 12.2. The van der Waals surface area contributed by atoms with Gasteiger partial charge in [0.15, 0.2) is 18.1 Å². The number of hydrogen-bond acceptors (Lipinski definition) is 5. The number of aliphatic hydroxyl groups is 1. The lowest BCUT2D eigenvalue weighted by atomic mass is 9.99. The molecule has 0 saturated heterocycles. The number of alkyl halides is 3. The van der Waals surface area contributed by atoms with Gasteiger partial charge in [0.05, 0.1) is 11.1 Å². The molecule has 11 heteroatoms. The molecule has 1 heterocycles. The van der Waals surface area contributed by atoms with Crippen molar-refractivity contribution in [2.24, 2.45) is 5.73 Å². The number of benzene rings is 2. The van der Waals surface area contributed by atoms with Gasteiger partial charge in [0.25, 0.3) is 5.91 Å². The Hall–Kier alpha value is -3.31. The van der Waals surface area contributed by atoms with E-state index in [9.17, 15) is 22.4 Å². The Morgan fingerprint density at radius 2 is 1.95 bits per heavy atom. The van der Waals surface area contributed by atoms with Crippen molar-refractivity contribution in [3.8, 4) is 11.5 Å². The van der Waals surface area contributed by atoms with Gasteiger partial charge in [-0.25, -0.2) is 4.39 Å². The number of nitrogens with one attached hydrogen (secondary N) is 1. The van der Waals surface area contributed by atoms with E-state index >= 15 is 0 Å². The van der Waals surface area contributed by atoms with Gasteiger partial charge in [-0.1, -0.05) is 6.92 Å². The Labute approximate surface area is 212 Å². The molecule has 3 aromatic rings. The molecule has 0 aliphatic carbocycles. The lowest BCUT2D eigenvalue weighted by molar-refractivity contribution is -0.153. The van der Waals surface area contributed by atoms with Crippen LogP contribution in [0.5, 0.6) is 11.5 Å². The minimum absolute atomic E-state index is 0.00621. The minimum Gasteiger partial charge on any atom is -0.488 e. The van der Waals surface area contributed by atoms with Crippen LogP contribution in [0.3, 0.4) is 0 Å². The number of ether oxygens (including phenoxy) is 2. The highest BCUT2D eigenvalue weighted by molar-refractivity contribution is 6.05. The SMILES string of the molecule is CCC(Cc1cc(C(N)=O)c2c(ccn2CCCO)c1)NCCOc1cc(F)ccc1OCC(F)(F)F. The van der Waals surface area contributed by atoms with Crippen LogP contribution in [-0.2, 0) is 13.0 Å². The number of primary amides is 1. The first-order chi connectivity index (χ1) is 17.6. The van der Waals surface area contributed by atoms with Gasteiger partial charge >= 0.3 is 6.18 Å². The third-order valence-corrected chi connectivity index (χ3v) is 5.81. The van der Waals surface area contributed by atoms with Gasteiger partial charge in [-0.2, -0.15) is 13.2 Å². The molecule has 0 bridgehead atoms. The van der Waals surface area contributed by atoms with Crippen molar-refractivity contribution in [2.45, 2.75) is 44.9 Å². The third-order valence-electron chi connectivity index (χ3n) is 5.81. The first kappa shape index (κ1) is 28.3. The number of halogens is 4. The summed E-state index contributed by atoms with van der Waals surface area (Å²) in [7, 11) is 0. The fraction of sp³-hybridized carbons (Fsp3) is 0.423.